The van der Waals surface area contributed by atoms with Gasteiger partial charge in [-0.1, -0.05) is 60.7 Å². The molecule has 136 valence electrons. The van der Waals surface area contributed by atoms with Gasteiger partial charge in [-0.25, -0.2) is 0 Å². The molecular formula is C20H20O6. The van der Waals surface area contributed by atoms with Gasteiger partial charge in [-0.05, 0) is 11.1 Å². The lowest BCUT2D eigenvalue weighted by Crippen LogP contribution is -2.44. The zero-order chi connectivity index (χ0) is 18.2. The number of ether oxygens (including phenoxy) is 4. The highest BCUT2D eigenvalue weighted by molar-refractivity contribution is 5.73. The summed E-state index contributed by atoms with van der Waals surface area (Å²) in [5.41, 5.74) is 1.65. The first-order chi connectivity index (χ1) is 12.7. The molecule has 1 fully saturated rings. The van der Waals surface area contributed by atoms with Gasteiger partial charge in [0.1, 0.15) is 0 Å². The molecule has 26 heavy (non-hydrogen) atoms. The first kappa shape index (κ1) is 18.1. The van der Waals surface area contributed by atoms with Gasteiger partial charge in [-0.3, -0.25) is 9.59 Å². The number of rotatable bonds is 6. The Morgan fingerprint density at radius 1 is 0.731 bits per heavy atom. The van der Waals surface area contributed by atoms with Crippen molar-refractivity contribution in [1.82, 2.24) is 0 Å². The van der Waals surface area contributed by atoms with E-state index in [1.165, 1.54) is 0 Å². The average Bonchev–Trinajstić information content (AvgIpc) is 2.65. The first-order valence-electron chi connectivity index (χ1n) is 8.41. The number of hydrogen-bond acceptors (Lipinski definition) is 6. The zero-order valence-electron chi connectivity index (χ0n) is 14.2. The van der Waals surface area contributed by atoms with E-state index in [0.717, 1.165) is 11.1 Å². The second-order valence-corrected chi connectivity index (χ2v) is 5.78. The maximum Gasteiger partial charge on any atom is 0.312 e. The third-order valence-corrected chi connectivity index (χ3v) is 3.75. The van der Waals surface area contributed by atoms with E-state index < -0.39 is 24.5 Å². The number of benzene rings is 2. The monoisotopic (exact) mass is 356 g/mol. The summed E-state index contributed by atoms with van der Waals surface area (Å²) >= 11 is 0. The van der Waals surface area contributed by atoms with E-state index >= 15 is 0 Å². The second kappa shape index (κ2) is 9.12. The Kier molecular flexibility index (Phi) is 6.35. The van der Waals surface area contributed by atoms with Gasteiger partial charge >= 0.3 is 11.9 Å². The van der Waals surface area contributed by atoms with Crippen LogP contribution in [0.3, 0.4) is 0 Å². The number of esters is 2. The highest BCUT2D eigenvalue weighted by Crippen LogP contribution is 2.16. The van der Waals surface area contributed by atoms with Crippen LogP contribution in [-0.4, -0.2) is 37.7 Å². The van der Waals surface area contributed by atoms with Crippen molar-refractivity contribution in [2.45, 2.75) is 25.4 Å². The van der Waals surface area contributed by atoms with Crippen molar-refractivity contribution in [2.24, 2.45) is 0 Å². The van der Waals surface area contributed by atoms with E-state index in [1.807, 2.05) is 60.7 Å². The summed E-state index contributed by atoms with van der Waals surface area (Å²) in [6.45, 7) is 0.520. The van der Waals surface area contributed by atoms with Crippen LogP contribution in [0.25, 0.3) is 0 Å². The Morgan fingerprint density at radius 3 is 1.50 bits per heavy atom. The van der Waals surface area contributed by atoms with E-state index in [1.54, 1.807) is 0 Å². The molecule has 6 nitrogen and oxygen atoms in total. The van der Waals surface area contributed by atoms with Gasteiger partial charge in [-0.2, -0.15) is 0 Å². The second-order valence-electron chi connectivity index (χ2n) is 5.78. The molecule has 2 aromatic rings. The lowest BCUT2D eigenvalue weighted by Gasteiger charge is -2.30. The minimum absolute atomic E-state index is 0.103. The molecule has 1 aliphatic heterocycles. The smallest absolute Gasteiger partial charge is 0.312 e. The molecule has 2 aromatic carbocycles. The van der Waals surface area contributed by atoms with Gasteiger partial charge in [0, 0.05) is 0 Å². The van der Waals surface area contributed by atoms with E-state index in [4.69, 9.17) is 18.9 Å². The van der Waals surface area contributed by atoms with Gasteiger partial charge in [0.25, 0.3) is 12.6 Å². The zero-order valence-corrected chi connectivity index (χ0v) is 14.2. The molecule has 3 rings (SSSR count). The summed E-state index contributed by atoms with van der Waals surface area (Å²) in [5, 5.41) is 0. The first-order valence-corrected chi connectivity index (χ1v) is 8.41. The molecule has 0 aromatic heterocycles. The Labute approximate surface area is 151 Å². The molecule has 0 spiro atoms. The Hall–Kier alpha value is -2.70. The van der Waals surface area contributed by atoms with Crippen molar-refractivity contribution in [3.63, 3.8) is 0 Å². The van der Waals surface area contributed by atoms with Gasteiger partial charge in [0.15, 0.2) is 0 Å². The maximum absolute atomic E-state index is 12.1. The third-order valence-electron chi connectivity index (χ3n) is 3.75. The predicted octanol–water partition coefficient (Wildman–Crippen LogP) is 2.26. The lowest BCUT2D eigenvalue weighted by molar-refractivity contribution is -0.302. The van der Waals surface area contributed by atoms with Crippen LogP contribution in [0, 0.1) is 0 Å². The molecule has 0 N–H and O–H groups in total. The molecule has 1 aliphatic rings. The number of hydrogen-bond donors (Lipinski definition) is 0. The van der Waals surface area contributed by atoms with Crippen molar-refractivity contribution in [3.8, 4) is 0 Å². The lowest BCUT2D eigenvalue weighted by atomic mass is 10.1. The molecule has 1 heterocycles. The summed E-state index contributed by atoms with van der Waals surface area (Å²) < 4.78 is 21.4. The molecule has 0 bridgehead atoms. The Balaban J connectivity index is 1.53. The maximum atomic E-state index is 12.1. The highest BCUT2D eigenvalue weighted by Gasteiger charge is 2.33. The average molecular weight is 356 g/mol. The van der Waals surface area contributed by atoms with Crippen molar-refractivity contribution >= 4 is 11.9 Å². The van der Waals surface area contributed by atoms with Crippen LogP contribution in [0.15, 0.2) is 60.7 Å². The summed E-state index contributed by atoms with van der Waals surface area (Å²) in [7, 11) is 0. The van der Waals surface area contributed by atoms with Crippen LogP contribution < -0.4 is 0 Å². The highest BCUT2D eigenvalue weighted by atomic mass is 16.8. The van der Waals surface area contributed by atoms with Crippen LogP contribution in [0.1, 0.15) is 11.1 Å². The van der Waals surface area contributed by atoms with Crippen LogP contribution in [0.2, 0.25) is 0 Å². The molecule has 0 amide bonds. The minimum atomic E-state index is -1.07. The van der Waals surface area contributed by atoms with Crippen LogP contribution in [0.4, 0.5) is 0 Å². The molecule has 0 unspecified atom stereocenters. The molecule has 0 radical (unpaired) electrons. The fraction of sp³-hybridized carbons (Fsp3) is 0.300. The topological polar surface area (TPSA) is 71.1 Å². The largest absolute Gasteiger partial charge is 0.428 e. The van der Waals surface area contributed by atoms with E-state index in [-0.39, 0.29) is 26.1 Å². The third kappa shape index (κ3) is 5.40. The molecule has 1 saturated heterocycles. The summed E-state index contributed by atoms with van der Waals surface area (Å²) in [5.74, 6) is -0.952. The molecular weight excluding hydrogens is 336 g/mol. The predicted molar refractivity (Wildman–Crippen MR) is 92.0 cm³/mol. The van der Waals surface area contributed by atoms with Crippen LogP contribution >= 0.6 is 0 Å². The van der Waals surface area contributed by atoms with Crippen molar-refractivity contribution < 1.29 is 28.5 Å². The molecule has 6 heteroatoms. The Bertz CT molecular complexity index is 652. The van der Waals surface area contributed by atoms with Crippen molar-refractivity contribution in [2.75, 3.05) is 13.2 Å². The van der Waals surface area contributed by atoms with Gasteiger partial charge in [-0.15, -0.1) is 0 Å². The molecule has 0 saturated carbocycles. The van der Waals surface area contributed by atoms with Crippen LogP contribution in [0.5, 0.6) is 0 Å². The summed E-state index contributed by atoms with van der Waals surface area (Å²) in [6.07, 6.45) is -1.93. The molecule has 0 aliphatic carbocycles. The normalized spacial score (nSPS) is 19.5. The fourth-order valence-corrected chi connectivity index (χ4v) is 2.53. The number of carbonyl (C=O) groups excluding carboxylic acids is 2. The standard InChI is InChI=1S/C20H20O6/c21-17(13-15-7-3-1-4-8-15)25-19-20(24-12-11-23-19)26-18(22)14-16-9-5-2-6-10-16/h1-10,19-20H,11-14H2/t19-,20-/m1/s1. The number of carbonyl (C=O) groups is 2. The Morgan fingerprint density at radius 2 is 1.12 bits per heavy atom. The fourth-order valence-electron chi connectivity index (χ4n) is 2.53. The van der Waals surface area contributed by atoms with Gasteiger partial charge in [0.05, 0.1) is 26.1 Å². The van der Waals surface area contributed by atoms with E-state index in [9.17, 15) is 9.59 Å². The van der Waals surface area contributed by atoms with Crippen LogP contribution in [-0.2, 0) is 41.4 Å². The van der Waals surface area contributed by atoms with Gasteiger partial charge < -0.3 is 18.9 Å². The van der Waals surface area contributed by atoms with Crippen molar-refractivity contribution in [3.05, 3.63) is 71.8 Å². The van der Waals surface area contributed by atoms with E-state index in [2.05, 4.69) is 0 Å². The SMILES string of the molecule is O=C(Cc1ccccc1)O[C@H]1OCCO[C@@H]1OC(=O)Cc1ccccc1. The summed E-state index contributed by atoms with van der Waals surface area (Å²) in [6, 6.07) is 18.4. The quantitative estimate of drug-likeness (QED) is 0.740. The minimum Gasteiger partial charge on any atom is -0.428 e. The van der Waals surface area contributed by atoms with E-state index in [0.29, 0.717) is 0 Å². The van der Waals surface area contributed by atoms with Crippen molar-refractivity contribution in [1.29, 1.82) is 0 Å². The summed E-state index contributed by atoms with van der Waals surface area (Å²) in [4.78, 5) is 24.2. The molecule has 2 atom stereocenters. The van der Waals surface area contributed by atoms with Gasteiger partial charge in [0.2, 0.25) is 0 Å².